The van der Waals surface area contributed by atoms with Gasteiger partial charge in [0.25, 0.3) is 0 Å². The predicted octanol–water partition coefficient (Wildman–Crippen LogP) is 4.91. The second-order valence-corrected chi connectivity index (χ2v) is 11.4. The van der Waals surface area contributed by atoms with Gasteiger partial charge in [0.15, 0.2) is 0 Å². The zero-order chi connectivity index (χ0) is 27.1. The fraction of sp³-hybridized carbons (Fsp3) is 0.667. The maximum Gasteiger partial charge on any atom is 0.408 e. The van der Waals surface area contributed by atoms with Gasteiger partial charge in [0, 0.05) is 11.6 Å². The number of phenols is 1. The molecule has 0 bridgehead atoms. The van der Waals surface area contributed by atoms with Gasteiger partial charge < -0.3 is 25.4 Å². The van der Waals surface area contributed by atoms with E-state index >= 15 is 0 Å². The maximum atomic E-state index is 14.2. The number of rotatable bonds is 10. The Morgan fingerprint density at radius 2 is 1.63 bits per heavy atom. The van der Waals surface area contributed by atoms with E-state index in [2.05, 4.69) is 10.6 Å². The molecule has 198 valence electrons. The number of phenolic OH excluding ortho intramolecular Hbond substituents is 1. The van der Waals surface area contributed by atoms with Crippen molar-refractivity contribution < 1.29 is 24.2 Å². The number of carbonyl (C=O) groups excluding carboxylic acids is 3. The molecule has 3 amide bonds. The van der Waals surface area contributed by atoms with E-state index in [1.165, 1.54) is 12.1 Å². The standard InChI is InChI=1S/C27H45N3O5/c1-11-27(9,10)30(22(23(32)28-18(4)5)19-13-12-14-20(31)16-19)24(33)21(15-17(2)3)29-25(34)35-26(6,7)8/h12-14,16-18,21-22,31H,11,15H2,1-10H3,(H,28,32)(H,29,34). The van der Waals surface area contributed by atoms with Crippen molar-refractivity contribution in [1.29, 1.82) is 0 Å². The lowest BCUT2D eigenvalue weighted by molar-refractivity contribution is -0.149. The summed E-state index contributed by atoms with van der Waals surface area (Å²) in [7, 11) is 0. The van der Waals surface area contributed by atoms with Crippen molar-refractivity contribution in [2.75, 3.05) is 0 Å². The highest BCUT2D eigenvalue weighted by atomic mass is 16.6. The summed E-state index contributed by atoms with van der Waals surface area (Å²) >= 11 is 0. The maximum absolute atomic E-state index is 14.2. The normalized spacial score (nSPS) is 13.8. The van der Waals surface area contributed by atoms with Crippen LogP contribution in [0.5, 0.6) is 5.75 Å². The number of carbonyl (C=O) groups is 3. The van der Waals surface area contributed by atoms with Gasteiger partial charge in [-0.1, -0.05) is 32.9 Å². The Morgan fingerprint density at radius 3 is 2.09 bits per heavy atom. The average Bonchev–Trinajstić information content (AvgIpc) is 2.68. The third-order valence-corrected chi connectivity index (χ3v) is 5.57. The van der Waals surface area contributed by atoms with Gasteiger partial charge >= 0.3 is 6.09 Å². The van der Waals surface area contributed by atoms with Crippen LogP contribution in [0.15, 0.2) is 24.3 Å². The monoisotopic (exact) mass is 491 g/mol. The first-order valence-corrected chi connectivity index (χ1v) is 12.4. The van der Waals surface area contributed by atoms with Crippen molar-refractivity contribution >= 4 is 17.9 Å². The highest BCUT2D eigenvalue weighted by Crippen LogP contribution is 2.34. The van der Waals surface area contributed by atoms with Gasteiger partial charge in [-0.3, -0.25) is 9.59 Å². The summed E-state index contributed by atoms with van der Waals surface area (Å²) in [5.41, 5.74) is -0.982. The smallest absolute Gasteiger partial charge is 0.408 e. The minimum atomic E-state index is -1.01. The van der Waals surface area contributed by atoms with Gasteiger partial charge in [0.2, 0.25) is 11.8 Å². The van der Waals surface area contributed by atoms with Crippen LogP contribution in [0.2, 0.25) is 0 Å². The molecule has 8 heteroatoms. The van der Waals surface area contributed by atoms with E-state index in [9.17, 15) is 19.5 Å². The van der Waals surface area contributed by atoms with Crippen LogP contribution in [-0.4, -0.2) is 51.1 Å². The zero-order valence-corrected chi connectivity index (χ0v) is 23.1. The Kier molecular flexibility index (Phi) is 10.6. The number of alkyl carbamates (subject to hydrolysis) is 1. The average molecular weight is 492 g/mol. The quantitative estimate of drug-likeness (QED) is 0.431. The highest BCUT2D eigenvalue weighted by Gasteiger charge is 2.43. The van der Waals surface area contributed by atoms with Crippen molar-refractivity contribution in [2.24, 2.45) is 5.92 Å². The molecular formula is C27H45N3O5. The number of benzene rings is 1. The Morgan fingerprint density at radius 1 is 1.03 bits per heavy atom. The largest absolute Gasteiger partial charge is 0.508 e. The summed E-state index contributed by atoms with van der Waals surface area (Å²) in [5, 5.41) is 15.8. The highest BCUT2D eigenvalue weighted by molar-refractivity contribution is 5.92. The van der Waals surface area contributed by atoms with Crippen molar-refractivity contribution in [3.05, 3.63) is 29.8 Å². The Labute approximate surface area is 210 Å². The van der Waals surface area contributed by atoms with Gasteiger partial charge in [0.05, 0.1) is 0 Å². The van der Waals surface area contributed by atoms with Crippen LogP contribution in [0, 0.1) is 5.92 Å². The molecule has 2 unspecified atom stereocenters. The van der Waals surface area contributed by atoms with Crippen LogP contribution in [0.1, 0.15) is 93.7 Å². The van der Waals surface area contributed by atoms with Crippen LogP contribution in [0.3, 0.4) is 0 Å². The summed E-state index contributed by atoms with van der Waals surface area (Å²) in [5.74, 6) is -0.656. The van der Waals surface area contributed by atoms with Crippen molar-refractivity contribution in [3.63, 3.8) is 0 Å². The van der Waals surface area contributed by atoms with Crippen LogP contribution in [-0.2, 0) is 14.3 Å². The molecule has 1 aromatic rings. The summed E-state index contributed by atoms with van der Waals surface area (Å²) in [6.45, 7) is 18.6. The van der Waals surface area contributed by atoms with Crippen LogP contribution in [0.4, 0.5) is 4.79 Å². The Balaban J connectivity index is 3.63. The van der Waals surface area contributed by atoms with Crippen LogP contribution < -0.4 is 10.6 Å². The molecular weight excluding hydrogens is 446 g/mol. The van der Waals surface area contributed by atoms with Crippen LogP contribution in [0.25, 0.3) is 0 Å². The fourth-order valence-electron chi connectivity index (χ4n) is 3.73. The van der Waals surface area contributed by atoms with Crippen molar-refractivity contribution in [3.8, 4) is 5.75 Å². The minimum Gasteiger partial charge on any atom is -0.508 e. The van der Waals surface area contributed by atoms with E-state index in [0.717, 1.165) is 0 Å². The van der Waals surface area contributed by atoms with E-state index in [4.69, 9.17) is 4.74 Å². The number of aromatic hydroxyl groups is 1. The van der Waals surface area contributed by atoms with E-state index < -0.39 is 29.3 Å². The van der Waals surface area contributed by atoms with Gasteiger partial charge in [-0.15, -0.1) is 0 Å². The van der Waals surface area contributed by atoms with E-state index in [0.29, 0.717) is 18.4 Å². The lowest BCUT2D eigenvalue weighted by Gasteiger charge is -2.45. The molecule has 0 heterocycles. The van der Waals surface area contributed by atoms with E-state index in [1.807, 2.05) is 48.5 Å². The zero-order valence-electron chi connectivity index (χ0n) is 23.1. The fourth-order valence-corrected chi connectivity index (χ4v) is 3.73. The summed E-state index contributed by atoms with van der Waals surface area (Å²) in [6.07, 6.45) is 0.239. The number of hydrogen-bond acceptors (Lipinski definition) is 5. The molecule has 35 heavy (non-hydrogen) atoms. The molecule has 3 N–H and O–H groups in total. The molecule has 1 aromatic carbocycles. The van der Waals surface area contributed by atoms with E-state index in [1.54, 1.807) is 37.8 Å². The molecule has 0 aliphatic carbocycles. The molecule has 2 atom stereocenters. The molecule has 0 saturated heterocycles. The first-order valence-electron chi connectivity index (χ1n) is 12.4. The van der Waals surface area contributed by atoms with E-state index in [-0.39, 0.29) is 29.5 Å². The molecule has 0 fully saturated rings. The third kappa shape index (κ3) is 9.42. The van der Waals surface area contributed by atoms with Crippen molar-refractivity contribution in [2.45, 2.75) is 111 Å². The Hall–Kier alpha value is -2.77. The molecule has 0 radical (unpaired) electrons. The van der Waals surface area contributed by atoms with Gasteiger partial charge in [-0.2, -0.15) is 0 Å². The molecule has 8 nitrogen and oxygen atoms in total. The number of nitrogens with one attached hydrogen (secondary N) is 2. The van der Waals surface area contributed by atoms with Gasteiger partial charge in [-0.25, -0.2) is 4.79 Å². The van der Waals surface area contributed by atoms with Gasteiger partial charge in [0.1, 0.15) is 23.4 Å². The molecule has 0 saturated carbocycles. The number of hydrogen-bond donors (Lipinski definition) is 3. The van der Waals surface area contributed by atoms with Gasteiger partial charge in [-0.05, 0) is 84.9 Å². The first-order chi connectivity index (χ1) is 16.0. The molecule has 0 aliphatic rings. The SMILES string of the molecule is CCC(C)(C)N(C(=O)C(CC(C)C)NC(=O)OC(C)(C)C)C(C(=O)NC(C)C)c1cccc(O)c1. The molecule has 0 aliphatic heterocycles. The van der Waals surface area contributed by atoms with Crippen LogP contribution >= 0.6 is 0 Å². The second kappa shape index (κ2) is 12.3. The lowest BCUT2D eigenvalue weighted by atomic mass is 9.90. The number of nitrogens with zero attached hydrogens (tertiary/aromatic N) is 1. The Bertz CT molecular complexity index is 874. The predicted molar refractivity (Wildman–Crippen MR) is 138 cm³/mol. The summed E-state index contributed by atoms with van der Waals surface area (Å²) in [4.78, 5) is 41.9. The molecule has 0 aromatic heterocycles. The summed E-state index contributed by atoms with van der Waals surface area (Å²) < 4.78 is 5.42. The number of amides is 3. The molecule has 1 rings (SSSR count). The topological polar surface area (TPSA) is 108 Å². The van der Waals surface area contributed by atoms with Crippen molar-refractivity contribution in [1.82, 2.24) is 15.5 Å². The number of ether oxygens (including phenoxy) is 1. The summed E-state index contributed by atoms with van der Waals surface area (Å²) in [6, 6.07) is 4.31. The second-order valence-electron chi connectivity index (χ2n) is 11.4. The minimum absolute atomic E-state index is 0.00263. The third-order valence-electron chi connectivity index (χ3n) is 5.57. The first kappa shape index (κ1) is 30.3. The molecule has 0 spiro atoms. The lowest BCUT2D eigenvalue weighted by Crippen LogP contribution is -2.59.